The number of phenolic OH excluding ortho intramolecular Hbond substituents is 1. The fourth-order valence-electron chi connectivity index (χ4n) is 9.76. The molecule has 1 saturated carbocycles. The van der Waals surface area contributed by atoms with Crippen molar-refractivity contribution in [3.8, 4) is 34.0 Å². The second-order valence-corrected chi connectivity index (χ2v) is 20.2. The van der Waals surface area contributed by atoms with Gasteiger partial charge in [-0.15, -0.1) is 29.8 Å². The number of aliphatic imine (C=N–C) groups is 1. The van der Waals surface area contributed by atoms with E-state index in [2.05, 4.69) is 175 Å². The molecule has 1 aliphatic heterocycles. The summed E-state index contributed by atoms with van der Waals surface area (Å²) in [5.74, 6) is 2.10. The molecule has 3 aliphatic rings. The number of hydrogen-bond donors (Lipinski definition) is 1. The number of benzene rings is 5. The molecule has 308 valence electrons. The third-order valence-corrected chi connectivity index (χ3v) is 13.0. The first-order chi connectivity index (χ1) is 27.6. The fraction of sp³-hybridized carbons (Fsp3) is 0.396. The van der Waals surface area contributed by atoms with Crippen LogP contribution >= 0.6 is 0 Å². The second-order valence-electron chi connectivity index (χ2n) is 20.2. The summed E-state index contributed by atoms with van der Waals surface area (Å²) < 4.78 is 2.24. The number of hydrogen-bond acceptors (Lipinski definition) is 4. The van der Waals surface area contributed by atoms with E-state index in [4.69, 9.17) is 9.98 Å². The minimum atomic E-state index is -0.277. The van der Waals surface area contributed by atoms with Crippen molar-refractivity contribution in [3.63, 3.8) is 0 Å². The van der Waals surface area contributed by atoms with Gasteiger partial charge in [-0.2, -0.15) is 0 Å². The van der Waals surface area contributed by atoms with Crippen LogP contribution < -0.4 is 0 Å². The molecule has 59 heavy (non-hydrogen) atoms. The molecule has 1 fully saturated rings. The summed E-state index contributed by atoms with van der Waals surface area (Å²) in [6, 6.07) is 40.1. The smallest absolute Gasteiger partial charge is 0.148 e. The van der Waals surface area contributed by atoms with Gasteiger partial charge in [-0.1, -0.05) is 147 Å². The van der Waals surface area contributed by atoms with Crippen LogP contribution in [0, 0.1) is 6.07 Å². The molecule has 6 heteroatoms. The van der Waals surface area contributed by atoms with Gasteiger partial charge in [0.1, 0.15) is 11.6 Å². The van der Waals surface area contributed by atoms with Crippen LogP contribution in [0.4, 0.5) is 0 Å². The molecule has 0 spiro atoms. The van der Waals surface area contributed by atoms with Crippen molar-refractivity contribution in [1.82, 2.24) is 14.5 Å². The number of amidine groups is 1. The summed E-state index contributed by atoms with van der Waals surface area (Å²) in [6.07, 6.45) is 7.27. The van der Waals surface area contributed by atoms with Gasteiger partial charge in [0, 0.05) is 38.4 Å². The van der Waals surface area contributed by atoms with E-state index < -0.39 is 0 Å². The predicted octanol–water partition coefficient (Wildman–Crippen LogP) is 12.8. The Balaban J connectivity index is 0.00000484. The first-order valence-electron chi connectivity index (χ1n) is 21.6. The summed E-state index contributed by atoms with van der Waals surface area (Å²) in [5, 5.41) is 12.2. The normalized spacial score (nSPS) is 18.5. The average Bonchev–Trinajstić information content (AvgIpc) is 3.87. The summed E-state index contributed by atoms with van der Waals surface area (Å²) >= 11 is 0. The van der Waals surface area contributed by atoms with Crippen molar-refractivity contribution in [1.29, 1.82) is 0 Å². The maximum atomic E-state index is 12.2. The van der Waals surface area contributed by atoms with E-state index in [0.29, 0.717) is 6.04 Å². The van der Waals surface area contributed by atoms with E-state index in [1.54, 1.807) is 0 Å². The number of phenols is 1. The number of rotatable bonds is 5. The van der Waals surface area contributed by atoms with Crippen molar-refractivity contribution in [2.75, 3.05) is 0 Å². The Morgan fingerprint density at radius 3 is 2.05 bits per heavy atom. The van der Waals surface area contributed by atoms with Crippen LogP contribution in [-0.4, -0.2) is 37.5 Å². The van der Waals surface area contributed by atoms with Crippen LogP contribution in [0.3, 0.4) is 0 Å². The van der Waals surface area contributed by atoms with Crippen LogP contribution in [-0.2, 0) is 43.7 Å². The van der Waals surface area contributed by atoms with E-state index in [1.165, 1.54) is 54.4 Å². The SMILES string of the molecule is CC(C)(C)c1ccc(-n2c(-c3cc(C(C)(C)C)cc(C(C)(C)C)c3O)nc3c(-c4[c-]c(C5=N[C@H]6Cc7ccccc7[C@H]6N5C5CCCCC5)ccc4)cccc32)cc1.[Pt]. The van der Waals surface area contributed by atoms with E-state index in [9.17, 15) is 5.11 Å². The number of nitrogens with zero attached hydrogens (tertiary/aromatic N) is 4. The van der Waals surface area contributed by atoms with Crippen molar-refractivity contribution in [2.45, 2.75) is 135 Å². The van der Waals surface area contributed by atoms with Gasteiger partial charge in [-0.25, -0.2) is 4.98 Å². The number of fused-ring (bicyclic) bond motifs is 4. The Morgan fingerprint density at radius 2 is 1.36 bits per heavy atom. The molecule has 5 aromatic carbocycles. The van der Waals surface area contributed by atoms with Crippen molar-refractivity contribution in [3.05, 3.63) is 137 Å². The topological polar surface area (TPSA) is 53.6 Å². The third kappa shape index (κ3) is 7.41. The monoisotopic (exact) mass is 962 g/mol. The van der Waals surface area contributed by atoms with Gasteiger partial charge in [0.05, 0.1) is 34.5 Å². The largest absolute Gasteiger partial charge is 0.507 e. The molecular weight excluding hydrogens is 904 g/mol. The molecule has 2 aliphatic carbocycles. The van der Waals surface area contributed by atoms with Crippen LogP contribution in [0.15, 0.2) is 102 Å². The Morgan fingerprint density at radius 1 is 0.678 bits per heavy atom. The first-order valence-corrected chi connectivity index (χ1v) is 21.6. The number of aromatic nitrogens is 2. The Labute approximate surface area is 366 Å². The Hall–Kier alpha value is -4.47. The van der Waals surface area contributed by atoms with Crippen LogP contribution in [0.5, 0.6) is 5.75 Å². The molecule has 0 radical (unpaired) electrons. The quantitative estimate of drug-likeness (QED) is 0.175. The number of para-hydroxylation sites is 1. The molecule has 1 aromatic heterocycles. The van der Waals surface area contributed by atoms with Gasteiger partial charge in [0.25, 0.3) is 0 Å². The van der Waals surface area contributed by atoms with Crippen LogP contribution in [0.2, 0.25) is 0 Å². The molecular formula is C53H59N4OPt-. The summed E-state index contributed by atoms with van der Waals surface area (Å²) in [7, 11) is 0. The number of aromatic hydroxyl groups is 1. The maximum absolute atomic E-state index is 12.2. The van der Waals surface area contributed by atoms with Gasteiger partial charge in [-0.3, -0.25) is 4.57 Å². The van der Waals surface area contributed by atoms with Crippen LogP contribution in [0.25, 0.3) is 39.2 Å². The van der Waals surface area contributed by atoms with Gasteiger partial charge in [0.2, 0.25) is 0 Å². The molecule has 9 rings (SSSR count). The van der Waals surface area contributed by atoms with E-state index >= 15 is 0 Å². The molecule has 0 unspecified atom stereocenters. The zero-order valence-electron chi connectivity index (χ0n) is 36.3. The van der Waals surface area contributed by atoms with Crippen molar-refractivity contribution in [2.24, 2.45) is 4.99 Å². The summed E-state index contributed by atoms with van der Waals surface area (Å²) in [6.45, 7) is 20.0. The zero-order chi connectivity index (χ0) is 40.7. The van der Waals surface area contributed by atoms with Crippen molar-refractivity contribution < 1.29 is 26.2 Å². The number of imidazole rings is 1. The second kappa shape index (κ2) is 15.2. The van der Waals surface area contributed by atoms with Gasteiger partial charge < -0.3 is 15.0 Å². The van der Waals surface area contributed by atoms with E-state index in [1.807, 2.05) is 0 Å². The summed E-state index contributed by atoms with van der Waals surface area (Å²) in [5.41, 5.74) is 12.5. The molecule has 0 bridgehead atoms. The van der Waals surface area contributed by atoms with Crippen molar-refractivity contribution >= 4 is 16.9 Å². The average molecular weight is 963 g/mol. The Kier molecular flexibility index (Phi) is 10.6. The van der Waals surface area contributed by atoms with Gasteiger partial charge >= 0.3 is 0 Å². The minimum absolute atomic E-state index is 0. The first kappa shape index (κ1) is 41.3. The molecule has 2 atom stereocenters. The molecule has 0 saturated heterocycles. The van der Waals surface area contributed by atoms with Gasteiger partial charge in [-0.05, 0) is 82.0 Å². The maximum Gasteiger partial charge on any atom is 0.148 e. The minimum Gasteiger partial charge on any atom is -0.507 e. The van der Waals surface area contributed by atoms with Gasteiger partial charge in [0.15, 0.2) is 0 Å². The zero-order valence-corrected chi connectivity index (χ0v) is 38.5. The third-order valence-electron chi connectivity index (χ3n) is 13.0. The predicted molar refractivity (Wildman–Crippen MR) is 240 cm³/mol. The molecule has 2 heterocycles. The molecule has 0 amide bonds. The summed E-state index contributed by atoms with van der Waals surface area (Å²) in [4.78, 5) is 13.8. The molecule has 1 N–H and O–H groups in total. The fourth-order valence-corrected chi connectivity index (χ4v) is 9.76. The van der Waals surface area contributed by atoms with E-state index in [-0.39, 0.29) is 55.1 Å². The van der Waals surface area contributed by atoms with Crippen LogP contribution in [0.1, 0.15) is 134 Å². The standard InChI is InChI=1S/C53H59N4O.Pt/c1-51(2,3)36-25-27-39(28-26-36)56-45-24-16-23-40(46(45)55-50(56)42-31-37(52(4,5)6)32-43(48(42)58)53(7,8)9)33-18-15-19-35(29-33)49-54-44-30-34-17-13-14-22-41(34)47(44)57(49)38-20-11-10-12-21-38;/h13-19,22-28,31-32,38,44,47,58H,10-12,20-21,30H2,1-9H3;/q-1;/t44-,47+;/m0./s1. The molecule has 6 aromatic rings. The molecule has 5 nitrogen and oxygen atoms in total. The Bertz CT molecular complexity index is 2550. The van der Waals surface area contributed by atoms with E-state index in [0.717, 1.165) is 62.6 Å².